The van der Waals surface area contributed by atoms with E-state index in [1.54, 1.807) is 0 Å². The van der Waals surface area contributed by atoms with Gasteiger partial charge >= 0.3 is 0 Å². The van der Waals surface area contributed by atoms with E-state index in [2.05, 4.69) is 43.8 Å². The molecule has 0 aliphatic rings. The van der Waals surface area contributed by atoms with Crippen molar-refractivity contribution in [3.05, 3.63) is 53.6 Å². The molecular formula is C13H16. The SMILES string of the molecule is C=C(C)C(=CC)c1cccc(C)c1. The number of hydrogen-bond donors (Lipinski definition) is 0. The van der Waals surface area contributed by atoms with Gasteiger partial charge in [0.1, 0.15) is 0 Å². The summed E-state index contributed by atoms with van der Waals surface area (Å²) in [5, 5.41) is 0. The predicted molar refractivity (Wildman–Crippen MR) is 59.6 cm³/mol. The van der Waals surface area contributed by atoms with Gasteiger partial charge in [-0.3, -0.25) is 0 Å². The van der Waals surface area contributed by atoms with Crippen LogP contribution in [0.1, 0.15) is 25.0 Å². The fourth-order valence-corrected chi connectivity index (χ4v) is 1.47. The number of rotatable bonds is 2. The molecule has 0 nitrogen and oxygen atoms in total. The van der Waals surface area contributed by atoms with Crippen LogP contribution in [0.2, 0.25) is 0 Å². The summed E-state index contributed by atoms with van der Waals surface area (Å²) in [7, 11) is 0. The van der Waals surface area contributed by atoms with Crippen LogP contribution < -0.4 is 0 Å². The molecule has 1 aromatic rings. The molecule has 0 aliphatic carbocycles. The predicted octanol–water partition coefficient (Wildman–Crippen LogP) is 3.97. The average molecular weight is 172 g/mol. The van der Waals surface area contributed by atoms with E-state index in [1.165, 1.54) is 16.7 Å². The van der Waals surface area contributed by atoms with Gasteiger partial charge in [-0.1, -0.05) is 48.1 Å². The van der Waals surface area contributed by atoms with Crippen molar-refractivity contribution in [2.24, 2.45) is 0 Å². The van der Waals surface area contributed by atoms with Gasteiger partial charge in [0.15, 0.2) is 0 Å². The monoisotopic (exact) mass is 172 g/mol. The Labute approximate surface area is 80.6 Å². The Hall–Kier alpha value is -1.30. The van der Waals surface area contributed by atoms with Crippen molar-refractivity contribution in [3.8, 4) is 0 Å². The van der Waals surface area contributed by atoms with E-state index >= 15 is 0 Å². The van der Waals surface area contributed by atoms with Gasteiger partial charge in [0.05, 0.1) is 0 Å². The van der Waals surface area contributed by atoms with E-state index < -0.39 is 0 Å². The highest BCUT2D eigenvalue weighted by atomic mass is 14.0. The molecule has 0 aliphatic heterocycles. The summed E-state index contributed by atoms with van der Waals surface area (Å²) in [4.78, 5) is 0. The zero-order valence-electron chi connectivity index (χ0n) is 8.59. The molecule has 1 aromatic carbocycles. The molecule has 0 N–H and O–H groups in total. The van der Waals surface area contributed by atoms with Crippen molar-refractivity contribution in [2.75, 3.05) is 0 Å². The Morgan fingerprint density at radius 2 is 2.08 bits per heavy atom. The molecule has 0 aromatic heterocycles. The lowest BCUT2D eigenvalue weighted by molar-refractivity contribution is 1.42. The lowest BCUT2D eigenvalue weighted by Crippen LogP contribution is -1.85. The van der Waals surface area contributed by atoms with E-state index in [1.807, 2.05) is 13.8 Å². The Bertz CT molecular complexity index is 343. The minimum Gasteiger partial charge on any atom is -0.0955 e. The maximum Gasteiger partial charge on any atom is -0.0182 e. The van der Waals surface area contributed by atoms with Crippen LogP contribution in [-0.4, -0.2) is 0 Å². The molecule has 0 spiro atoms. The summed E-state index contributed by atoms with van der Waals surface area (Å²) in [5.41, 5.74) is 4.91. The maximum absolute atomic E-state index is 3.96. The summed E-state index contributed by atoms with van der Waals surface area (Å²) in [5.74, 6) is 0. The van der Waals surface area contributed by atoms with E-state index in [0.717, 1.165) is 5.57 Å². The molecule has 0 radical (unpaired) electrons. The number of hydrogen-bond acceptors (Lipinski definition) is 0. The average Bonchev–Trinajstić information content (AvgIpc) is 2.04. The molecule has 0 heterocycles. The lowest BCUT2D eigenvalue weighted by Gasteiger charge is -2.06. The smallest absolute Gasteiger partial charge is 0.0182 e. The summed E-state index contributed by atoms with van der Waals surface area (Å²) in [6.07, 6.45) is 2.11. The fraction of sp³-hybridized carbons (Fsp3) is 0.231. The third kappa shape index (κ3) is 2.32. The molecule has 68 valence electrons. The first-order valence-corrected chi connectivity index (χ1v) is 4.54. The Kier molecular flexibility index (Phi) is 3.07. The van der Waals surface area contributed by atoms with Crippen molar-refractivity contribution >= 4 is 5.57 Å². The van der Waals surface area contributed by atoms with E-state index in [-0.39, 0.29) is 0 Å². The standard InChI is InChI=1S/C13H16/c1-5-13(10(2)3)12-8-6-7-11(4)9-12/h5-9H,2H2,1,3-4H3. The third-order valence-electron chi connectivity index (χ3n) is 2.08. The van der Waals surface area contributed by atoms with Crippen molar-refractivity contribution < 1.29 is 0 Å². The van der Waals surface area contributed by atoms with Gasteiger partial charge in [0.2, 0.25) is 0 Å². The van der Waals surface area contributed by atoms with E-state index in [0.29, 0.717) is 0 Å². The largest absolute Gasteiger partial charge is 0.0955 e. The summed E-state index contributed by atoms with van der Waals surface area (Å²) in [6, 6.07) is 8.49. The van der Waals surface area contributed by atoms with Gasteiger partial charge in [-0.05, 0) is 31.9 Å². The van der Waals surface area contributed by atoms with Crippen molar-refractivity contribution in [3.63, 3.8) is 0 Å². The van der Waals surface area contributed by atoms with Crippen LogP contribution in [0.3, 0.4) is 0 Å². The molecule has 13 heavy (non-hydrogen) atoms. The zero-order chi connectivity index (χ0) is 9.84. The summed E-state index contributed by atoms with van der Waals surface area (Å²) in [6.45, 7) is 10.2. The van der Waals surface area contributed by atoms with Crippen molar-refractivity contribution in [1.82, 2.24) is 0 Å². The normalized spacial score (nSPS) is 11.5. The van der Waals surface area contributed by atoms with Gasteiger partial charge in [-0.2, -0.15) is 0 Å². The lowest BCUT2D eigenvalue weighted by atomic mass is 9.99. The highest BCUT2D eigenvalue weighted by Gasteiger charge is 2.00. The molecule has 0 saturated heterocycles. The number of aryl methyl sites for hydroxylation is 1. The topological polar surface area (TPSA) is 0 Å². The van der Waals surface area contributed by atoms with Crippen molar-refractivity contribution in [1.29, 1.82) is 0 Å². The Balaban J connectivity index is 3.14. The second-order valence-corrected chi connectivity index (χ2v) is 3.35. The van der Waals surface area contributed by atoms with Crippen LogP contribution in [-0.2, 0) is 0 Å². The minimum absolute atomic E-state index is 1.12. The second-order valence-electron chi connectivity index (χ2n) is 3.35. The zero-order valence-corrected chi connectivity index (χ0v) is 8.59. The van der Waals surface area contributed by atoms with Crippen LogP contribution in [0.25, 0.3) is 5.57 Å². The second kappa shape index (κ2) is 4.08. The van der Waals surface area contributed by atoms with E-state index in [4.69, 9.17) is 0 Å². The molecular weight excluding hydrogens is 156 g/mol. The summed E-state index contributed by atoms with van der Waals surface area (Å²) < 4.78 is 0. The molecule has 0 fully saturated rings. The van der Waals surface area contributed by atoms with Gasteiger partial charge in [-0.25, -0.2) is 0 Å². The molecule has 1 rings (SSSR count). The number of benzene rings is 1. The first-order chi connectivity index (χ1) is 6.15. The van der Waals surface area contributed by atoms with Crippen LogP contribution in [0, 0.1) is 6.92 Å². The van der Waals surface area contributed by atoms with Gasteiger partial charge in [0, 0.05) is 0 Å². The molecule has 0 heteroatoms. The van der Waals surface area contributed by atoms with Gasteiger partial charge < -0.3 is 0 Å². The van der Waals surface area contributed by atoms with E-state index in [9.17, 15) is 0 Å². The molecule has 0 unspecified atom stereocenters. The maximum atomic E-state index is 3.96. The van der Waals surface area contributed by atoms with Crippen LogP contribution in [0.15, 0.2) is 42.5 Å². The van der Waals surface area contributed by atoms with Crippen molar-refractivity contribution in [2.45, 2.75) is 20.8 Å². The highest BCUT2D eigenvalue weighted by Crippen LogP contribution is 2.21. The van der Waals surface area contributed by atoms with Gasteiger partial charge in [0.25, 0.3) is 0 Å². The Morgan fingerprint density at radius 1 is 1.38 bits per heavy atom. The molecule has 0 bridgehead atoms. The third-order valence-corrected chi connectivity index (χ3v) is 2.08. The van der Waals surface area contributed by atoms with Crippen LogP contribution in [0.4, 0.5) is 0 Å². The quantitative estimate of drug-likeness (QED) is 0.592. The first-order valence-electron chi connectivity index (χ1n) is 4.54. The molecule has 0 amide bonds. The Morgan fingerprint density at radius 3 is 2.54 bits per heavy atom. The highest BCUT2D eigenvalue weighted by molar-refractivity contribution is 5.77. The van der Waals surface area contributed by atoms with Gasteiger partial charge in [-0.15, -0.1) is 0 Å². The summed E-state index contributed by atoms with van der Waals surface area (Å²) >= 11 is 0. The number of allylic oxidation sites excluding steroid dienone is 3. The van der Waals surface area contributed by atoms with Crippen LogP contribution in [0.5, 0.6) is 0 Å². The molecule has 0 atom stereocenters. The fourth-order valence-electron chi connectivity index (χ4n) is 1.47. The first kappa shape index (κ1) is 9.79. The molecule has 0 saturated carbocycles. The van der Waals surface area contributed by atoms with Crippen LogP contribution >= 0.6 is 0 Å². The minimum atomic E-state index is 1.12.